The molecule has 4 rings (SSSR count). The van der Waals surface area contributed by atoms with Crippen molar-refractivity contribution in [2.24, 2.45) is 7.05 Å². The van der Waals surface area contributed by atoms with Gasteiger partial charge in [-0.1, -0.05) is 35.9 Å². The predicted molar refractivity (Wildman–Crippen MR) is 104 cm³/mol. The number of para-hydroxylation sites is 1. The molecule has 0 unspecified atom stereocenters. The van der Waals surface area contributed by atoms with E-state index in [0.717, 1.165) is 0 Å². The summed E-state index contributed by atoms with van der Waals surface area (Å²) in [5.74, 6) is -0.474. The Bertz CT molecular complexity index is 1210. The summed E-state index contributed by atoms with van der Waals surface area (Å²) in [5, 5.41) is 7.62. The van der Waals surface area contributed by atoms with Gasteiger partial charge in [-0.15, -0.1) is 0 Å². The van der Waals surface area contributed by atoms with Crippen molar-refractivity contribution in [1.29, 1.82) is 0 Å². The summed E-state index contributed by atoms with van der Waals surface area (Å²) in [4.78, 5) is 29.7. The normalized spacial score (nSPS) is 10.9. The average Bonchev–Trinajstić information content (AvgIpc) is 3.06. The van der Waals surface area contributed by atoms with Crippen LogP contribution in [0.3, 0.4) is 0 Å². The number of aromatic nitrogens is 4. The number of nitrogens with zero attached hydrogens (tertiary/aromatic N) is 4. The molecule has 0 spiro atoms. The third-order valence-corrected chi connectivity index (χ3v) is 4.28. The molecular weight excluding hydrogens is 366 g/mol. The standard InChI is InChI=1S/C19H14ClN5O2/c1-24-11-21-15-16(18(26)22-13-7-5-6-12(20)10-13)23-25(17(15)19(24)27)14-8-3-2-4-9-14/h2-11H,1H3,(H,22,26). The van der Waals surface area contributed by atoms with Crippen molar-refractivity contribution in [2.45, 2.75) is 0 Å². The molecule has 0 aliphatic carbocycles. The molecule has 7 nitrogen and oxygen atoms in total. The number of halogens is 1. The number of fused-ring (bicyclic) bond motifs is 1. The number of nitrogens with one attached hydrogen (secondary N) is 1. The zero-order valence-electron chi connectivity index (χ0n) is 14.3. The van der Waals surface area contributed by atoms with Gasteiger partial charge in [0.1, 0.15) is 5.52 Å². The monoisotopic (exact) mass is 379 g/mol. The molecule has 4 aromatic rings. The van der Waals surface area contributed by atoms with E-state index in [1.165, 1.54) is 15.6 Å². The van der Waals surface area contributed by atoms with Gasteiger partial charge in [-0.05, 0) is 30.3 Å². The van der Waals surface area contributed by atoms with Crippen molar-refractivity contribution in [3.05, 3.63) is 82.0 Å². The topological polar surface area (TPSA) is 81.8 Å². The number of aryl methyl sites for hydroxylation is 1. The number of carbonyl (C=O) groups excluding carboxylic acids is 1. The van der Waals surface area contributed by atoms with Crippen molar-refractivity contribution < 1.29 is 4.79 Å². The van der Waals surface area contributed by atoms with Gasteiger partial charge in [-0.3, -0.25) is 9.59 Å². The fourth-order valence-electron chi connectivity index (χ4n) is 2.75. The van der Waals surface area contributed by atoms with Gasteiger partial charge < -0.3 is 9.88 Å². The van der Waals surface area contributed by atoms with Crippen molar-refractivity contribution in [1.82, 2.24) is 19.3 Å². The van der Waals surface area contributed by atoms with E-state index in [-0.39, 0.29) is 22.3 Å². The molecule has 0 saturated carbocycles. The first kappa shape index (κ1) is 17.0. The minimum Gasteiger partial charge on any atom is -0.320 e. The van der Waals surface area contributed by atoms with Crippen LogP contribution in [0, 0.1) is 0 Å². The first-order chi connectivity index (χ1) is 13.0. The first-order valence-electron chi connectivity index (χ1n) is 8.11. The maximum absolute atomic E-state index is 12.8. The molecule has 1 N–H and O–H groups in total. The second-order valence-corrected chi connectivity index (χ2v) is 6.35. The van der Waals surface area contributed by atoms with Gasteiger partial charge in [0.15, 0.2) is 11.2 Å². The molecule has 2 heterocycles. The van der Waals surface area contributed by atoms with Gasteiger partial charge in [0.05, 0.1) is 12.0 Å². The summed E-state index contributed by atoms with van der Waals surface area (Å²) >= 11 is 5.96. The van der Waals surface area contributed by atoms with Gasteiger partial charge in [0.25, 0.3) is 11.5 Å². The summed E-state index contributed by atoms with van der Waals surface area (Å²) in [6.45, 7) is 0. The van der Waals surface area contributed by atoms with Gasteiger partial charge in [0.2, 0.25) is 0 Å². The molecule has 0 saturated heterocycles. The molecular formula is C19H14ClN5O2. The summed E-state index contributed by atoms with van der Waals surface area (Å²) in [7, 11) is 1.60. The van der Waals surface area contributed by atoms with E-state index in [2.05, 4.69) is 15.4 Å². The third kappa shape index (κ3) is 3.09. The molecule has 0 fully saturated rings. The van der Waals surface area contributed by atoms with Crippen LogP contribution in [0.4, 0.5) is 5.69 Å². The fourth-order valence-corrected chi connectivity index (χ4v) is 2.94. The van der Waals surface area contributed by atoms with Crippen molar-refractivity contribution in [2.75, 3.05) is 5.32 Å². The number of hydrogen-bond acceptors (Lipinski definition) is 4. The molecule has 27 heavy (non-hydrogen) atoms. The van der Waals surface area contributed by atoms with Crippen LogP contribution in [0.15, 0.2) is 65.7 Å². The van der Waals surface area contributed by atoms with E-state index in [1.807, 2.05) is 18.2 Å². The van der Waals surface area contributed by atoms with E-state index in [9.17, 15) is 9.59 Å². The van der Waals surface area contributed by atoms with Crippen LogP contribution < -0.4 is 10.9 Å². The third-order valence-electron chi connectivity index (χ3n) is 4.04. The smallest absolute Gasteiger partial charge is 0.279 e. The Morgan fingerprint density at radius 1 is 1.11 bits per heavy atom. The minimum absolute atomic E-state index is 0.0616. The highest BCUT2D eigenvalue weighted by Gasteiger charge is 2.22. The Kier molecular flexibility index (Phi) is 4.21. The fraction of sp³-hybridized carbons (Fsp3) is 0.0526. The van der Waals surface area contributed by atoms with E-state index < -0.39 is 5.91 Å². The van der Waals surface area contributed by atoms with E-state index in [4.69, 9.17) is 11.6 Å². The van der Waals surface area contributed by atoms with Crippen LogP contribution in [-0.4, -0.2) is 25.2 Å². The van der Waals surface area contributed by atoms with Gasteiger partial charge in [0, 0.05) is 17.8 Å². The lowest BCUT2D eigenvalue weighted by molar-refractivity contribution is 0.102. The average molecular weight is 380 g/mol. The summed E-state index contributed by atoms with van der Waals surface area (Å²) in [5.41, 5.74) is 1.43. The molecule has 0 aliphatic rings. The zero-order valence-corrected chi connectivity index (χ0v) is 15.0. The van der Waals surface area contributed by atoms with Crippen LogP contribution in [0.5, 0.6) is 0 Å². The number of hydrogen-bond donors (Lipinski definition) is 1. The van der Waals surface area contributed by atoms with Gasteiger partial charge in [-0.2, -0.15) is 5.10 Å². The summed E-state index contributed by atoms with van der Waals surface area (Å²) < 4.78 is 2.79. The van der Waals surface area contributed by atoms with E-state index >= 15 is 0 Å². The number of benzene rings is 2. The lowest BCUT2D eigenvalue weighted by Gasteiger charge is -2.03. The SMILES string of the molecule is Cn1cnc2c(C(=O)Nc3cccc(Cl)c3)nn(-c3ccccc3)c2c1=O. The van der Waals surface area contributed by atoms with Crippen LogP contribution in [0.2, 0.25) is 5.02 Å². The maximum atomic E-state index is 12.8. The van der Waals surface area contributed by atoms with Crippen LogP contribution in [0.1, 0.15) is 10.5 Å². The van der Waals surface area contributed by atoms with Crippen molar-refractivity contribution in [3.8, 4) is 5.69 Å². The highest BCUT2D eigenvalue weighted by molar-refractivity contribution is 6.31. The Balaban J connectivity index is 1.88. The number of carbonyl (C=O) groups is 1. The molecule has 2 aromatic carbocycles. The Morgan fingerprint density at radius 3 is 2.63 bits per heavy atom. The zero-order chi connectivity index (χ0) is 19.0. The lowest BCUT2D eigenvalue weighted by atomic mass is 10.3. The summed E-state index contributed by atoms with van der Waals surface area (Å²) in [6.07, 6.45) is 1.37. The Hall–Kier alpha value is -3.45. The first-order valence-corrected chi connectivity index (χ1v) is 8.49. The predicted octanol–water partition coefficient (Wildman–Crippen LogP) is 3.02. The molecule has 0 bridgehead atoms. The van der Waals surface area contributed by atoms with Crippen molar-refractivity contribution in [3.63, 3.8) is 0 Å². The van der Waals surface area contributed by atoms with Gasteiger partial charge >= 0.3 is 0 Å². The van der Waals surface area contributed by atoms with Crippen LogP contribution in [-0.2, 0) is 7.05 Å². The van der Waals surface area contributed by atoms with Crippen LogP contribution in [0.25, 0.3) is 16.7 Å². The number of amides is 1. The Labute approximate surface area is 158 Å². The van der Waals surface area contributed by atoms with E-state index in [0.29, 0.717) is 16.4 Å². The summed E-state index contributed by atoms with van der Waals surface area (Å²) in [6, 6.07) is 15.9. The highest BCUT2D eigenvalue weighted by atomic mass is 35.5. The number of rotatable bonds is 3. The molecule has 0 radical (unpaired) electrons. The molecule has 134 valence electrons. The molecule has 0 atom stereocenters. The second-order valence-electron chi connectivity index (χ2n) is 5.92. The second kappa shape index (κ2) is 6.69. The molecule has 1 amide bonds. The maximum Gasteiger partial charge on any atom is 0.279 e. The molecule has 8 heteroatoms. The largest absolute Gasteiger partial charge is 0.320 e. The minimum atomic E-state index is -0.474. The molecule has 0 aliphatic heterocycles. The molecule has 2 aromatic heterocycles. The highest BCUT2D eigenvalue weighted by Crippen LogP contribution is 2.20. The van der Waals surface area contributed by atoms with Gasteiger partial charge in [-0.25, -0.2) is 9.67 Å². The van der Waals surface area contributed by atoms with Crippen molar-refractivity contribution >= 4 is 34.2 Å². The van der Waals surface area contributed by atoms with Crippen LogP contribution >= 0.6 is 11.6 Å². The number of anilines is 1. The Morgan fingerprint density at radius 2 is 1.89 bits per heavy atom. The quantitative estimate of drug-likeness (QED) is 0.593. The van der Waals surface area contributed by atoms with E-state index in [1.54, 1.807) is 43.4 Å². The lowest BCUT2D eigenvalue weighted by Crippen LogP contribution is -2.19.